The molecule has 3 aromatic rings. The number of anilines is 1. The molecule has 4 nitrogen and oxygen atoms in total. The molecule has 1 N–H and O–H groups in total. The predicted octanol–water partition coefficient (Wildman–Crippen LogP) is 5.39. The summed E-state index contributed by atoms with van der Waals surface area (Å²) in [6.45, 7) is 3.38. The van der Waals surface area contributed by atoms with Crippen molar-refractivity contribution in [1.82, 2.24) is 0 Å². The average molecular weight is 394 g/mol. The Labute approximate surface area is 168 Å². The lowest BCUT2D eigenvalue weighted by atomic mass is 10.0. The standard InChI is InChI=1S/C23H20ClNO3/c1-15-10-12-19(24)14-21(15)25-23(27)16(2)28-22(26)13-11-18-8-5-7-17-6-3-4-9-20(17)18/h3-14,16H,1-2H3,(H,25,27). The number of hydrogen-bond acceptors (Lipinski definition) is 3. The molecule has 0 aliphatic heterocycles. The number of nitrogens with one attached hydrogen (secondary N) is 1. The first kappa shape index (κ1) is 19.6. The van der Waals surface area contributed by atoms with E-state index in [1.807, 2.05) is 55.5 Å². The van der Waals surface area contributed by atoms with Crippen LogP contribution in [0.5, 0.6) is 0 Å². The van der Waals surface area contributed by atoms with Gasteiger partial charge in [-0.3, -0.25) is 4.79 Å². The number of amides is 1. The molecule has 0 aromatic heterocycles. The summed E-state index contributed by atoms with van der Waals surface area (Å²) in [5.41, 5.74) is 2.36. The lowest BCUT2D eigenvalue weighted by molar-refractivity contribution is -0.148. The molecular weight excluding hydrogens is 374 g/mol. The lowest BCUT2D eigenvalue weighted by Crippen LogP contribution is -2.29. The fraction of sp³-hybridized carbons (Fsp3) is 0.130. The number of carbonyl (C=O) groups excluding carboxylic acids is 2. The average Bonchev–Trinajstić information content (AvgIpc) is 2.69. The topological polar surface area (TPSA) is 55.4 Å². The second-order valence-electron chi connectivity index (χ2n) is 6.43. The minimum absolute atomic E-state index is 0.419. The van der Waals surface area contributed by atoms with Gasteiger partial charge >= 0.3 is 5.97 Å². The monoisotopic (exact) mass is 393 g/mol. The van der Waals surface area contributed by atoms with Gasteiger partial charge in [0.2, 0.25) is 0 Å². The number of esters is 1. The van der Waals surface area contributed by atoms with Crippen LogP contribution in [-0.4, -0.2) is 18.0 Å². The van der Waals surface area contributed by atoms with Crippen molar-refractivity contribution in [1.29, 1.82) is 0 Å². The van der Waals surface area contributed by atoms with Crippen LogP contribution in [0.25, 0.3) is 16.8 Å². The number of aryl methyl sites for hydroxylation is 1. The number of fused-ring (bicyclic) bond motifs is 1. The summed E-state index contributed by atoms with van der Waals surface area (Å²) in [6, 6.07) is 19.0. The fourth-order valence-corrected chi connectivity index (χ4v) is 2.96. The normalized spacial score (nSPS) is 12.1. The molecule has 0 saturated carbocycles. The largest absolute Gasteiger partial charge is 0.449 e. The van der Waals surface area contributed by atoms with Crippen LogP contribution in [0, 0.1) is 6.92 Å². The van der Waals surface area contributed by atoms with Crippen LogP contribution in [0.15, 0.2) is 66.7 Å². The quantitative estimate of drug-likeness (QED) is 0.467. The van der Waals surface area contributed by atoms with Crippen LogP contribution in [0.2, 0.25) is 5.02 Å². The van der Waals surface area contributed by atoms with E-state index in [2.05, 4.69) is 5.32 Å². The molecule has 1 atom stereocenters. The van der Waals surface area contributed by atoms with Gasteiger partial charge in [-0.2, -0.15) is 0 Å². The number of halogens is 1. The zero-order valence-electron chi connectivity index (χ0n) is 15.6. The number of ether oxygens (including phenoxy) is 1. The first-order valence-corrected chi connectivity index (χ1v) is 9.25. The van der Waals surface area contributed by atoms with Gasteiger partial charge in [-0.15, -0.1) is 0 Å². The van der Waals surface area contributed by atoms with Crippen molar-refractivity contribution >= 4 is 46.0 Å². The molecule has 1 unspecified atom stereocenters. The van der Waals surface area contributed by atoms with E-state index < -0.39 is 18.0 Å². The number of benzene rings is 3. The van der Waals surface area contributed by atoms with E-state index >= 15 is 0 Å². The summed E-state index contributed by atoms with van der Waals surface area (Å²) in [7, 11) is 0. The molecule has 0 bridgehead atoms. The molecule has 3 rings (SSSR count). The van der Waals surface area contributed by atoms with Gasteiger partial charge in [0.25, 0.3) is 5.91 Å². The number of hydrogen-bond donors (Lipinski definition) is 1. The molecule has 0 fully saturated rings. The van der Waals surface area contributed by atoms with E-state index in [4.69, 9.17) is 16.3 Å². The van der Waals surface area contributed by atoms with Crippen molar-refractivity contribution in [3.8, 4) is 0 Å². The van der Waals surface area contributed by atoms with Gasteiger partial charge in [-0.25, -0.2) is 4.79 Å². The Morgan fingerprint density at radius 1 is 1.07 bits per heavy atom. The minimum atomic E-state index is -0.942. The van der Waals surface area contributed by atoms with Gasteiger partial charge in [-0.1, -0.05) is 60.1 Å². The Kier molecular flexibility index (Phi) is 6.12. The molecule has 1 amide bonds. The van der Waals surface area contributed by atoms with Gasteiger partial charge in [0.1, 0.15) is 0 Å². The highest BCUT2D eigenvalue weighted by Crippen LogP contribution is 2.21. The molecule has 0 aliphatic carbocycles. The molecule has 28 heavy (non-hydrogen) atoms. The smallest absolute Gasteiger partial charge is 0.331 e. The predicted molar refractivity (Wildman–Crippen MR) is 113 cm³/mol. The zero-order chi connectivity index (χ0) is 20.1. The third-order valence-electron chi connectivity index (χ3n) is 4.34. The summed E-state index contributed by atoms with van der Waals surface area (Å²) in [6.07, 6.45) is 2.08. The van der Waals surface area contributed by atoms with Crippen molar-refractivity contribution in [2.45, 2.75) is 20.0 Å². The summed E-state index contributed by atoms with van der Waals surface area (Å²) in [5, 5.41) is 5.37. The van der Waals surface area contributed by atoms with Crippen molar-refractivity contribution in [2.24, 2.45) is 0 Å². The number of rotatable bonds is 5. The van der Waals surface area contributed by atoms with Crippen LogP contribution >= 0.6 is 11.6 Å². The van der Waals surface area contributed by atoms with Gasteiger partial charge in [0.15, 0.2) is 6.10 Å². The van der Waals surface area contributed by atoms with Crippen LogP contribution < -0.4 is 5.32 Å². The first-order chi connectivity index (χ1) is 13.4. The maximum Gasteiger partial charge on any atom is 0.331 e. The third kappa shape index (κ3) is 4.78. The van der Waals surface area contributed by atoms with Crippen LogP contribution in [0.3, 0.4) is 0 Å². The zero-order valence-corrected chi connectivity index (χ0v) is 16.4. The van der Waals surface area contributed by atoms with Gasteiger partial charge < -0.3 is 10.1 Å². The Hall–Kier alpha value is -3.11. The maximum atomic E-state index is 12.3. The van der Waals surface area contributed by atoms with E-state index in [1.165, 1.54) is 13.0 Å². The Bertz CT molecular complexity index is 1050. The SMILES string of the molecule is Cc1ccc(Cl)cc1NC(=O)C(C)OC(=O)C=Cc1cccc2ccccc12. The first-order valence-electron chi connectivity index (χ1n) is 8.87. The molecule has 0 spiro atoms. The molecule has 0 saturated heterocycles. The summed E-state index contributed by atoms with van der Waals surface area (Å²) in [4.78, 5) is 24.4. The molecule has 3 aromatic carbocycles. The summed E-state index contributed by atoms with van der Waals surface area (Å²) >= 11 is 5.96. The van der Waals surface area contributed by atoms with Crippen molar-refractivity contribution in [3.63, 3.8) is 0 Å². The van der Waals surface area contributed by atoms with Crippen molar-refractivity contribution in [3.05, 3.63) is 82.9 Å². The van der Waals surface area contributed by atoms with Gasteiger partial charge in [-0.05, 0) is 54.0 Å². The summed E-state index contributed by atoms with van der Waals surface area (Å²) < 4.78 is 5.22. The highest BCUT2D eigenvalue weighted by molar-refractivity contribution is 6.31. The highest BCUT2D eigenvalue weighted by atomic mass is 35.5. The maximum absolute atomic E-state index is 12.3. The third-order valence-corrected chi connectivity index (χ3v) is 4.58. The molecule has 0 radical (unpaired) electrons. The Morgan fingerprint density at radius 3 is 2.64 bits per heavy atom. The Morgan fingerprint density at radius 2 is 1.82 bits per heavy atom. The van der Waals surface area contributed by atoms with E-state index in [9.17, 15) is 9.59 Å². The minimum Gasteiger partial charge on any atom is -0.449 e. The second kappa shape index (κ2) is 8.72. The highest BCUT2D eigenvalue weighted by Gasteiger charge is 2.17. The van der Waals surface area contributed by atoms with Gasteiger partial charge in [0, 0.05) is 16.8 Å². The van der Waals surface area contributed by atoms with Crippen LogP contribution in [-0.2, 0) is 14.3 Å². The summed E-state index contributed by atoms with van der Waals surface area (Å²) in [5.74, 6) is -1.00. The molecule has 142 valence electrons. The molecule has 5 heteroatoms. The van der Waals surface area contributed by atoms with Crippen LogP contribution in [0.4, 0.5) is 5.69 Å². The van der Waals surface area contributed by atoms with E-state index in [0.29, 0.717) is 10.7 Å². The second-order valence-corrected chi connectivity index (χ2v) is 6.87. The Balaban J connectivity index is 1.64. The lowest BCUT2D eigenvalue weighted by Gasteiger charge is -2.14. The molecule has 0 heterocycles. The van der Waals surface area contributed by atoms with E-state index in [-0.39, 0.29) is 0 Å². The number of carbonyl (C=O) groups is 2. The molecule has 0 aliphatic rings. The molecular formula is C23H20ClNO3. The van der Waals surface area contributed by atoms with E-state index in [1.54, 1.807) is 18.2 Å². The van der Waals surface area contributed by atoms with Crippen molar-refractivity contribution < 1.29 is 14.3 Å². The van der Waals surface area contributed by atoms with Crippen LogP contribution in [0.1, 0.15) is 18.1 Å². The van der Waals surface area contributed by atoms with E-state index in [0.717, 1.165) is 21.9 Å². The van der Waals surface area contributed by atoms with Crippen molar-refractivity contribution in [2.75, 3.05) is 5.32 Å². The van der Waals surface area contributed by atoms with Gasteiger partial charge in [0.05, 0.1) is 0 Å². The fourth-order valence-electron chi connectivity index (χ4n) is 2.78.